The van der Waals surface area contributed by atoms with Crippen molar-refractivity contribution in [3.05, 3.63) is 23.8 Å². The standard InChI is InChI=1S/C15H24N2O4/c1-4-21-13-11(6-5-7-12(13)16)14(18)17-10-15(2,19)8-9-20-3/h5-7,19H,4,8-10,16H2,1-3H3,(H,17,18). The van der Waals surface area contributed by atoms with Crippen molar-refractivity contribution in [2.24, 2.45) is 0 Å². The highest BCUT2D eigenvalue weighted by Gasteiger charge is 2.22. The summed E-state index contributed by atoms with van der Waals surface area (Å²) in [4.78, 5) is 12.2. The number of carbonyl (C=O) groups is 1. The van der Waals surface area contributed by atoms with Crippen LogP contribution in [0.5, 0.6) is 5.75 Å². The Morgan fingerprint density at radius 1 is 1.48 bits per heavy atom. The van der Waals surface area contributed by atoms with Crippen molar-refractivity contribution in [1.82, 2.24) is 5.32 Å². The molecule has 0 heterocycles. The van der Waals surface area contributed by atoms with E-state index in [9.17, 15) is 9.90 Å². The Morgan fingerprint density at radius 2 is 2.19 bits per heavy atom. The van der Waals surface area contributed by atoms with E-state index in [-0.39, 0.29) is 12.5 Å². The van der Waals surface area contributed by atoms with Gasteiger partial charge in [-0.1, -0.05) is 6.07 Å². The van der Waals surface area contributed by atoms with Crippen LogP contribution in [0.25, 0.3) is 0 Å². The Balaban J connectivity index is 2.74. The number of nitrogen functional groups attached to an aromatic ring is 1. The molecule has 6 nitrogen and oxygen atoms in total. The monoisotopic (exact) mass is 296 g/mol. The molecule has 0 aliphatic rings. The molecular formula is C15H24N2O4. The quantitative estimate of drug-likeness (QED) is 0.626. The van der Waals surface area contributed by atoms with Gasteiger partial charge in [-0.2, -0.15) is 0 Å². The number of nitrogens with one attached hydrogen (secondary N) is 1. The molecule has 0 aromatic heterocycles. The Kier molecular flexibility index (Phi) is 6.45. The van der Waals surface area contributed by atoms with Gasteiger partial charge < -0.3 is 25.6 Å². The number of aliphatic hydroxyl groups is 1. The predicted octanol–water partition coefficient (Wildman–Crippen LogP) is 1.18. The van der Waals surface area contributed by atoms with Crippen LogP contribution in [-0.4, -0.2) is 43.5 Å². The molecule has 6 heteroatoms. The van der Waals surface area contributed by atoms with E-state index in [2.05, 4.69) is 5.32 Å². The average molecular weight is 296 g/mol. The van der Waals surface area contributed by atoms with E-state index in [1.165, 1.54) is 0 Å². The number of anilines is 1. The highest BCUT2D eigenvalue weighted by atomic mass is 16.5. The second-order valence-electron chi connectivity index (χ2n) is 5.08. The first-order valence-corrected chi connectivity index (χ1v) is 6.92. The molecule has 1 atom stereocenters. The van der Waals surface area contributed by atoms with Gasteiger partial charge in [0.1, 0.15) is 0 Å². The lowest BCUT2D eigenvalue weighted by atomic mass is 10.0. The van der Waals surface area contributed by atoms with Gasteiger partial charge in [-0.15, -0.1) is 0 Å². The summed E-state index contributed by atoms with van der Waals surface area (Å²) in [6.45, 7) is 4.43. The van der Waals surface area contributed by atoms with Gasteiger partial charge in [-0.25, -0.2) is 0 Å². The van der Waals surface area contributed by atoms with Crippen LogP contribution in [0.2, 0.25) is 0 Å². The summed E-state index contributed by atoms with van der Waals surface area (Å²) in [5, 5.41) is 12.8. The maximum Gasteiger partial charge on any atom is 0.255 e. The molecular weight excluding hydrogens is 272 g/mol. The highest BCUT2D eigenvalue weighted by Crippen LogP contribution is 2.26. The van der Waals surface area contributed by atoms with Gasteiger partial charge in [0.25, 0.3) is 5.91 Å². The minimum absolute atomic E-state index is 0.121. The Labute approximate surface area is 125 Å². The molecule has 0 aliphatic heterocycles. The van der Waals surface area contributed by atoms with Crippen LogP contribution in [0.1, 0.15) is 30.6 Å². The summed E-state index contributed by atoms with van der Waals surface area (Å²) >= 11 is 0. The summed E-state index contributed by atoms with van der Waals surface area (Å²) in [5.74, 6) is 0.0393. The molecule has 0 aliphatic carbocycles. The lowest BCUT2D eigenvalue weighted by Crippen LogP contribution is -2.41. The van der Waals surface area contributed by atoms with Gasteiger partial charge in [-0.05, 0) is 26.0 Å². The van der Waals surface area contributed by atoms with Crippen molar-refractivity contribution in [2.45, 2.75) is 25.9 Å². The lowest BCUT2D eigenvalue weighted by molar-refractivity contribution is 0.0243. The number of hydrogen-bond donors (Lipinski definition) is 3. The van der Waals surface area contributed by atoms with E-state index in [0.717, 1.165) is 0 Å². The van der Waals surface area contributed by atoms with Crippen molar-refractivity contribution in [3.63, 3.8) is 0 Å². The van der Waals surface area contributed by atoms with Crippen LogP contribution in [-0.2, 0) is 4.74 Å². The maximum absolute atomic E-state index is 12.2. The summed E-state index contributed by atoms with van der Waals surface area (Å²) in [7, 11) is 1.57. The van der Waals surface area contributed by atoms with E-state index in [1.807, 2.05) is 6.92 Å². The third kappa shape index (κ3) is 5.24. The zero-order chi connectivity index (χ0) is 15.9. The normalized spacial score (nSPS) is 13.5. The Bertz CT molecular complexity index is 475. The second kappa shape index (κ2) is 7.85. The molecule has 1 aromatic carbocycles. The first kappa shape index (κ1) is 17.3. The number of ether oxygens (including phenoxy) is 2. The molecule has 0 spiro atoms. The average Bonchev–Trinajstić information content (AvgIpc) is 2.45. The first-order chi connectivity index (χ1) is 9.91. The number of amides is 1. The molecule has 118 valence electrons. The van der Waals surface area contributed by atoms with Crippen LogP contribution >= 0.6 is 0 Å². The van der Waals surface area contributed by atoms with Gasteiger partial charge in [-0.3, -0.25) is 4.79 Å². The number of benzene rings is 1. The molecule has 21 heavy (non-hydrogen) atoms. The summed E-state index contributed by atoms with van der Waals surface area (Å²) < 4.78 is 10.3. The second-order valence-corrected chi connectivity index (χ2v) is 5.08. The Morgan fingerprint density at radius 3 is 2.81 bits per heavy atom. The molecule has 0 saturated heterocycles. The third-order valence-electron chi connectivity index (χ3n) is 3.05. The number of nitrogens with two attached hydrogens (primary N) is 1. The highest BCUT2D eigenvalue weighted by molar-refractivity contribution is 5.98. The number of para-hydroxylation sites is 1. The SMILES string of the molecule is CCOc1c(N)cccc1C(=O)NCC(C)(O)CCOC. The van der Waals surface area contributed by atoms with E-state index in [1.54, 1.807) is 32.2 Å². The molecule has 1 unspecified atom stereocenters. The topological polar surface area (TPSA) is 93.8 Å². The van der Waals surface area contributed by atoms with E-state index < -0.39 is 5.60 Å². The molecule has 1 rings (SSSR count). The van der Waals surface area contributed by atoms with E-state index in [0.29, 0.717) is 36.6 Å². The maximum atomic E-state index is 12.2. The van der Waals surface area contributed by atoms with Crippen LogP contribution in [0.15, 0.2) is 18.2 Å². The van der Waals surface area contributed by atoms with Crippen LogP contribution in [0.3, 0.4) is 0 Å². The van der Waals surface area contributed by atoms with Gasteiger partial charge in [0.2, 0.25) is 0 Å². The third-order valence-corrected chi connectivity index (χ3v) is 3.05. The first-order valence-electron chi connectivity index (χ1n) is 6.92. The fourth-order valence-corrected chi connectivity index (χ4v) is 1.82. The van der Waals surface area contributed by atoms with Crippen molar-refractivity contribution in [1.29, 1.82) is 0 Å². The molecule has 1 aromatic rings. The minimum atomic E-state index is -1.03. The zero-order valence-electron chi connectivity index (χ0n) is 12.8. The fourth-order valence-electron chi connectivity index (χ4n) is 1.82. The van der Waals surface area contributed by atoms with Crippen molar-refractivity contribution >= 4 is 11.6 Å². The van der Waals surface area contributed by atoms with E-state index >= 15 is 0 Å². The van der Waals surface area contributed by atoms with Gasteiger partial charge >= 0.3 is 0 Å². The zero-order valence-corrected chi connectivity index (χ0v) is 12.8. The van der Waals surface area contributed by atoms with Gasteiger partial charge in [0.15, 0.2) is 5.75 Å². The van der Waals surface area contributed by atoms with Crippen molar-refractivity contribution in [2.75, 3.05) is 32.6 Å². The number of hydrogen-bond acceptors (Lipinski definition) is 5. The number of carbonyl (C=O) groups excluding carboxylic acids is 1. The van der Waals surface area contributed by atoms with Crippen LogP contribution < -0.4 is 15.8 Å². The minimum Gasteiger partial charge on any atom is -0.491 e. The van der Waals surface area contributed by atoms with Gasteiger partial charge in [0, 0.05) is 26.7 Å². The van der Waals surface area contributed by atoms with Crippen molar-refractivity contribution in [3.8, 4) is 5.75 Å². The Hall–Kier alpha value is -1.79. The molecule has 0 radical (unpaired) electrons. The summed E-state index contributed by atoms with van der Waals surface area (Å²) in [6.07, 6.45) is 0.430. The van der Waals surface area contributed by atoms with Crippen LogP contribution in [0, 0.1) is 0 Å². The largest absolute Gasteiger partial charge is 0.491 e. The lowest BCUT2D eigenvalue weighted by Gasteiger charge is -2.23. The fraction of sp³-hybridized carbons (Fsp3) is 0.533. The number of rotatable bonds is 8. The molecule has 0 fully saturated rings. The molecule has 0 bridgehead atoms. The van der Waals surface area contributed by atoms with Crippen LogP contribution in [0.4, 0.5) is 5.69 Å². The molecule has 1 amide bonds. The van der Waals surface area contributed by atoms with Crippen molar-refractivity contribution < 1.29 is 19.4 Å². The number of methoxy groups -OCH3 is 1. The molecule has 0 saturated carbocycles. The smallest absolute Gasteiger partial charge is 0.255 e. The van der Waals surface area contributed by atoms with Gasteiger partial charge in [0.05, 0.1) is 23.5 Å². The molecule has 4 N–H and O–H groups in total. The van der Waals surface area contributed by atoms with E-state index in [4.69, 9.17) is 15.2 Å². The summed E-state index contributed by atoms with van der Waals surface area (Å²) in [5.41, 5.74) is 5.57. The summed E-state index contributed by atoms with van der Waals surface area (Å²) in [6, 6.07) is 5.01. The predicted molar refractivity (Wildman–Crippen MR) is 81.5 cm³/mol.